The van der Waals surface area contributed by atoms with Crippen molar-refractivity contribution in [2.45, 2.75) is 38.9 Å². The van der Waals surface area contributed by atoms with Gasteiger partial charge in [-0.1, -0.05) is 258 Å². The zero-order chi connectivity index (χ0) is 71.3. The van der Waals surface area contributed by atoms with Crippen molar-refractivity contribution < 1.29 is 19.7 Å². The van der Waals surface area contributed by atoms with Gasteiger partial charge in [0.25, 0.3) is 0 Å². The first-order chi connectivity index (χ1) is 50.6. The van der Waals surface area contributed by atoms with Crippen LogP contribution in [0, 0.1) is 0 Å². The van der Waals surface area contributed by atoms with E-state index in [1.54, 1.807) is 40.1 Å². The van der Waals surface area contributed by atoms with Crippen molar-refractivity contribution >= 4 is 50.8 Å². The summed E-state index contributed by atoms with van der Waals surface area (Å²) >= 11 is 3.51. The van der Waals surface area contributed by atoms with Crippen molar-refractivity contribution in [3.63, 3.8) is 0 Å². The summed E-state index contributed by atoms with van der Waals surface area (Å²) in [5.74, 6) is 4.99. The summed E-state index contributed by atoms with van der Waals surface area (Å²) in [6.07, 6.45) is 7.33. The molecule has 12 aromatic carbocycles. The normalized spacial score (nSPS) is 11.6. The fourth-order valence-electron chi connectivity index (χ4n) is 12.4. The van der Waals surface area contributed by atoms with Gasteiger partial charge in [-0.2, -0.15) is 0 Å². The first kappa shape index (κ1) is 67.5. The summed E-state index contributed by atoms with van der Waals surface area (Å²) in [5.41, 5.74) is 19.7. The maximum absolute atomic E-state index is 9.10. The molecule has 104 heavy (non-hydrogen) atoms. The van der Waals surface area contributed by atoms with Crippen molar-refractivity contribution in [2.24, 2.45) is 0 Å². The predicted octanol–water partition coefficient (Wildman–Crippen LogP) is 22.4. The lowest BCUT2D eigenvalue weighted by atomic mass is 9.89. The van der Waals surface area contributed by atoms with Crippen LogP contribution in [0.3, 0.4) is 0 Å². The Hall–Kier alpha value is -12.3. The number of hydrogen-bond acceptors (Lipinski definition) is 10. The number of rotatable bonds is 10. The summed E-state index contributed by atoms with van der Waals surface area (Å²) < 4.78 is 13.3. The van der Waals surface area contributed by atoms with E-state index in [0.717, 1.165) is 144 Å². The molecule has 0 atom stereocenters. The molecule has 0 fully saturated rings. The highest BCUT2D eigenvalue weighted by Crippen LogP contribution is 2.49. The Morgan fingerprint density at radius 3 is 1.04 bits per heavy atom. The van der Waals surface area contributed by atoms with Crippen LogP contribution in [0.2, 0.25) is 0 Å². The van der Waals surface area contributed by atoms with Gasteiger partial charge in [-0.15, -0.1) is 0 Å². The highest BCUT2D eigenvalue weighted by atomic mass is 79.9. The molecule has 500 valence electrons. The maximum Gasteiger partial charge on any atom is 0.160 e. The highest BCUT2D eigenvalue weighted by Gasteiger charge is 2.32. The number of fused-ring (bicyclic) bond motifs is 4. The largest absolute Gasteiger partial charge is 0.456 e. The van der Waals surface area contributed by atoms with Crippen LogP contribution in [0.15, 0.2) is 333 Å². The lowest BCUT2D eigenvalue weighted by molar-refractivity contribution is -0.107. The van der Waals surface area contributed by atoms with Crippen LogP contribution in [0.4, 0.5) is 0 Å². The van der Waals surface area contributed by atoms with Gasteiger partial charge < -0.3 is 19.7 Å². The van der Waals surface area contributed by atoms with Gasteiger partial charge in [0, 0.05) is 84.5 Å². The third-order valence-electron chi connectivity index (χ3n) is 18.8. The minimum atomic E-state index is -1.01. The number of pyridine rings is 2. The van der Waals surface area contributed by atoms with Crippen molar-refractivity contribution in [1.29, 1.82) is 0 Å². The lowest BCUT2D eigenvalue weighted by Crippen LogP contribution is -2.44. The third kappa shape index (κ3) is 14.7. The molecule has 4 aromatic heterocycles. The first-order valence-corrected chi connectivity index (χ1v) is 35.1. The number of benzene rings is 12. The molecule has 2 radical (unpaired) electrons. The van der Waals surface area contributed by atoms with E-state index in [2.05, 4.69) is 214 Å². The van der Waals surface area contributed by atoms with E-state index in [1.165, 1.54) is 21.9 Å². The molecule has 18 rings (SSSR count). The molecule has 0 saturated heterocycles. The maximum atomic E-state index is 9.10. The van der Waals surface area contributed by atoms with Crippen molar-refractivity contribution in [3.05, 3.63) is 333 Å². The zero-order valence-electron chi connectivity index (χ0n) is 57.5. The number of halogens is 1. The van der Waals surface area contributed by atoms with Crippen LogP contribution < -0.4 is 14.9 Å². The monoisotopic (exact) mass is 1410 g/mol. The smallest absolute Gasteiger partial charge is 0.160 e. The fourth-order valence-corrected chi connectivity index (χ4v) is 12.7. The second kappa shape index (κ2) is 29.3. The molecule has 12 heteroatoms. The quantitative estimate of drug-likeness (QED) is 0.127. The Labute approximate surface area is 614 Å². The first-order valence-electron chi connectivity index (χ1n) is 34.3. The van der Waals surface area contributed by atoms with E-state index in [-0.39, 0.29) is 0 Å². The van der Waals surface area contributed by atoms with Gasteiger partial charge in [-0.05, 0) is 150 Å². The molecule has 0 bridgehead atoms. The number of aromatic nitrogens is 6. The Morgan fingerprint density at radius 2 is 0.644 bits per heavy atom. The van der Waals surface area contributed by atoms with Gasteiger partial charge in [0.1, 0.15) is 30.8 Å². The summed E-state index contributed by atoms with van der Waals surface area (Å²) in [5, 5.41) is 22.9. The van der Waals surface area contributed by atoms with Gasteiger partial charge >= 0.3 is 0 Å². The van der Waals surface area contributed by atoms with Crippen molar-refractivity contribution in [2.75, 3.05) is 0 Å². The zero-order valence-corrected chi connectivity index (χ0v) is 59.1. The highest BCUT2D eigenvalue weighted by molar-refractivity contribution is 9.10. The molecule has 2 aliphatic rings. The van der Waals surface area contributed by atoms with Gasteiger partial charge in [0.05, 0.1) is 34.0 Å². The molecule has 0 saturated carbocycles. The molecule has 10 nitrogen and oxygen atoms in total. The van der Waals surface area contributed by atoms with Gasteiger partial charge in [0.15, 0.2) is 11.6 Å². The molecule has 2 aliphatic heterocycles. The van der Waals surface area contributed by atoms with Crippen LogP contribution in [0.5, 0.6) is 23.0 Å². The molecule has 0 spiro atoms. The van der Waals surface area contributed by atoms with E-state index >= 15 is 0 Å². The van der Waals surface area contributed by atoms with Gasteiger partial charge in [0.2, 0.25) is 0 Å². The van der Waals surface area contributed by atoms with Gasteiger partial charge in [-0.3, -0.25) is 9.97 Å². The predicted molar refractivity (Wildman–Crippen MR) is 427 cm³/mol. The summed E-state index contributed by atoms with van der Waals surface area (Å²) in [6, 6.07) is 103. The Balaban J connectivity index is 0.000000130. The van der Waals surface area contributed by atoms with E-state index in [0.29, 0.717) is 11.6 Å². The molecular formula is C92H68BBrN6O4. The van der Waals surface area contributed by atoms with E-state index in [4.69, 9.17) is 47.5 Å². The van der Waals surface area contributed by atoms with Gasteiger partial charge in [-0.25, -0.2) is 19.9 Å². The Morgan fingerprint density at radius 1 is 0.298 bits per heavy atom. The summed E-state index contributed by atoms with van der Waals surface area (Å²) in [6.45, 7) is 6.31. The molecule has 0 aliphatic carbocycles. The molecule has 6 heterocycles. The average molecular weight is 1410 g/mol. The Bertz CT molecular complexity index is 5720. The standard InChI is InChI=1S/C43H27N3O.C27H18BrN3.C16H9BO.C6H14O2/c1-2-7-33(8-3-1)43-45-38(26-39(46-43)31-20-16-29(17-21-31)35-11-6-24-44-27-35)30-18-14-28(15-19-30)34-22-23-40-37(25-34)36-12-4-9-32-10-5-13-41(47-40)42(32)36;28-24-14-12-21(13-15-24)26-17-25(30-27(31-26)22-5-2-1-3-6-22)20-10-8-19(9-11-20)23-7-4-16-29-18-23;17-11-7-8-14-13(9-11)12-5-1-3-10-4-2-6-15(18-14)16(10)12;1-5(2,7)6(3,4)8/h1-27H;1-18H;1-9H;7-8H,1-4H3. The summed E-state index contributed by atoms with van der Waals surface area (Å²) in [4.78, 5) is 28.3. The number of hydrogen-bond donors (Lipinski definition) is 2. The molecule has 2 N–H and O–H groups in total. The average Bonchev–Trinajstić information content (AvgIpc) is 0.755. The van der Waals surface area contributed by atoms with Crippen LogP contribution in [-0.4, -0.2) is 59.2 Å². The number of ether oxygens (including phenoxy) is 2. The molecule has 0 amide bonds. The molecule has 16 aromatic rings. The van der Waals surface area contributed by atoms with Crippen LogP contribution in [0.25, 0.3) is 145 Å². The van der Waals surface area contributed by atoms with Crippen LogP contribution in [0.1, 0.15) is 27.7 Å². The number of nitrogens with zero attached hydrogens (tertiary/aromatic N) is 6. The topological polar surface area (TPSA) is 136 Å². The van der Waals surface area contributed by atoms with Crippen molar-refractivity contribution in [1.82, 2.24) is 29.9 Å². The third-order valence-corrected chi connectivity index (χ3v) is 19.3. The lowest BCUT2D eigenvalue weighted by Gasteiger charge is -2.31. The minimum Gasteiger partial charge on any atom is -0.456 e. The minimum absolute atomic E-state index is 0.697. The SMILES string of the molecule is Brc1ccc(-c2cc(-c3ccc(-c4cccnc4)cc3)nc(-c3ccccc3)n2)cc1.CC(C)(O)C(C)(C)O.[B]c1ccc2c(c1)-c1cccc3cccc(c13)O2.c1ccc(-c2nc(-c3ccc(-c4cccnc4)cc3)cc(-c3ccc(-c4ccc5c(c4)-c4cccc6cccc(c46)O5)cc3)n2)cc1. The molecule has 0 unspecified atom stereocenters. The van der Waals surface area contributed by atoms with E-state index in [1.807, 2.05) is 128 Å². The molecular weight excluding hydrogens is 1340 g/mol. The van der Waals surface area contributed by atoms with Crippen LogP contribution in [-0.2, 0) is 0 Å². The van der Waals surface area contributed by atoms with E-state index in [9.17, 15) is 0 Å². The second-order valence-corrected chi connectivity index (χ2v) is 27.4. The fraction of sp³-hybridized carbons (Fsp3) is 0.0652. The second-order valence-electron chi connectivity index (χ2n) is 26.5. The number of aliphatic hydroxyl groups is 2. The summed E-state index contributed by atoms with van der Waals surface area (Å²) in [7, 11) is 5.87. The van der Waals surface area contributed by atoms with Crippen molar-refractivity contribution in [3.8, 4) is 146 Å². The van der Waals surface area contributed by atoms with E-state index < -0.39 is 11.2 Å². The Kier molecular flexibility index (Phi) is 19.0. The van der Waals surface area contributed by atoms with Crippen LogP contribution >= 0.6 is 15.9 Å².